The molecule has 1 aromatic heterocycles. The fraction of sp³-hybridized carbons (Fsp3) is 0.263. The molecule has 0 N–H and O–H groups in total. The van der Waals surface area contributed by atoms with Crippen molar-refractivity contribution in [3.8, 4) is 5.69 Å². The number of ether oxygens (including phenoxy) is 1. The van der Waals surface area contributed by atoms with E-state index < -0.39 is 5.41 Å². The van der Waals surface area contributed by atoms with E-state index in [0.29, 0.717) is 10.8 Å². The lowest BCUT2D eigenvalue weighted by Crippen LogP contribution is -2.43. The molecule has 0 radical (unpaired) electrons. The van der Waals surface area contributed by atoms with Gasteiger partial charge in [0.25, 0.3) is 0 Å². The second-order valence-corrected chi connectivity index (χ2v) is 6.80. The number of benzene rings is 2. The summed E-state index contributed by atoms with van der Waals surface area (Å²) in [6, 6.07) is 16.9. The van der Waals surface area contributed by atoms with Gasteiger partial charge in [-0.1, -0.05) is 48.4 Å². The van der Waals surface area contributed by atoms with E-state index in [1.807, 2.05) is 42.5 Å². The van der Waals surface area contributed by atoms with Crippen LogP contribution in [0.5, 0.6) is 0 Å². The van der Waals surface area contributed by atoms with Crippen LogP contribution >= 0.6 is 11.6 Å². The Bertz CT molecular complexity index is 905. The molecule has 1 heterocycles. The van der Waals surface area contributed by atoms with Crippen molar-refractivity contribution in [1.82, 2.24) is 20.2 Å². The number of hydrogen-bond donors (Lipinski definition) is 0. The Hall–Kier alpha value is -2.73. The van der Waals surface area contributed by atoms with Crippen LogP contribution in [-0.2, 0) is 21.6 Å². The third-order valence-corrected chi connectivity index (χ3v) is 5.11. The lowest BCUT2D eigenvalue weighted by atomic mass is 9.64. The molecule has 0 aliphatic heterocycles. The first-order valence-corrected chi connectivity index (χ1v) is 8.83. The maximum absolute atomic E-state index is 12.8. The highest BCUT2D eigenvalue weighted by Crippen LogP contribution is 2.45. The van der Waals surface area contributed by atoms with Gasteiger partial charge in [0.05, 0.1) is 11.1 Å². The SMILES string of the molecule is O=C(OCc1nnnn1-c1ccccc1)C1(c2ccc(Cl)cc2)CCC1. The summed E-state index contributed by atoms with van der Waals surface area (Å²) < 4.78 is 7.18. The number of halogens is 1. The molecule has 7 heteroatoms. The quantitative estimate of drug-likeness (QED) is 0.645. The van der Waals surface area contributed by atoms with Gasteiger partial charge < -0.3 is 4.74 Å². The Labute approximate surface area is 155 Å². The molecule has 0 bridgehead atoms. The number of para-hydroxylation sites is 1. The minimum Gasteiger partial charge on any atom is -0.457 e. The van der Waals surface area contributed by atoms with E-state index in [4.69, 9.17) is 16.3 Å². The lowest BCUT2D eigenvalue weighted by molar-refractivity contribution is -0.156. The van der Waals surface area contributed by atoms with Crippen molar-refractivity contribution in [3.05, 3.63) is 71.0 Å². The van der Waals surface area contributed by atoms with Crippen LogP contribution in [0.4, 0.5) is 0 Å². The second-order valence-electron chi connectivity index (χ2n) is 6.36. The van der Waals surface area contributed by atoms with E-state index in [-0.39, 0.29) is 12.6 Å². The maximum atomic E-state index is 12.8. The first-order chi connectivity index (χ1) is 12.7. The molecular weight excluding hydrogens is 352 g/mol. The maximum Gasteiger partial charge on any atom is 0.317 e. The number of nitrogens with zero attached hydrogens (tertiary/aromatic N) is 4. The Balaban J connectivity index is 1.51. The highest BCUT2D eigenvalue weighted by atomic mass is 35.5. The van der Waals surface area contributed by atoms with Gasteiger partial charge in [0.1, 0.15) is 0 Å². The first-order valence-electron chi connectivity index (χ1n) is 8.45. The number of carbonyl (C=O) groups is 1. The molecule has 6 nitrogen and oxygen atoms in total. The van der Waals surface area contributed by atoms with Gasteiger partial charge in [0.2, 0.25) is 0 Å². The van der Waals surface area contributed by atoms with Crippen molar-refractivity contribution >= 4 is 17.6 Å². The van der Waals surface area contributed by atoms with Gasteiger partial charge in [-0.3, -0.25) is 4.79 Å². The van der Waals surface area contributed by atoms with Crippen molar-refractivity contribution in [1.29, 1.82) is 0 Å². The predicted octanol–water partition coefficient (Wildman–Crippen LogP) is 3.48. The number of carbonyl (C=O) groups excluding carboxylic acids is 1. The summed E-state index contributed by atoms with van der Waals surface area (Å²) in [5.74, 6) is 0.240. The van der Waals surface area contributed by atoms with E-state index in [1.54, 1.807) is 16.8 Å². The van der Waals surface area contributed by atoms with Crippen molar-refractivity contribution in [2.45, 2.75) is 31.3 Å². The standard InChI is InChI=1S/C19H17ClN4O2/c20-15-9-7-14(8-10-15)19(11-4-12-19)18(25)26-13-17-21-22-23-24(17)16-5-2-1-3-6-16/h1-3,5-10H,4,11-13H2. The summed E-state index contributed by atoms with van der Waals surface area (Å²) >= 11 is 5.97. The fourth-order valence-corrected chi connectivity index (χ4v) is 3.37. The summed E-state index contributed by atoms with van der Waals surface area (Å²) in [5.41, 5.74) is 1.18. The summed E-state index contributed by atoms with van der Waals surface area (Å²) in [4.78, 5) is 12.8. The molecular formula is C19H17ClN4O2. The van der Waals surface area contributed by atoms with Crippen molar-refractivity contribution in [2.24, 2.45) is 0 Å². The van der Waals surface area contributed by atoms with Crippen molar-refractivity contribution in [3.63, 3.8) is 0 Å². The van der Waals surface area contributed by atoms with E-state index in [2.05, 4.69) is 15.5 Å². The zero-order chi connectivity index (χ0) is 18.0. The third-order valence-electron chi connectivity index (χ3n) is 4.86. The minimum atomic E-state index is -0.588. The number of aromatic nitrogens is 4. The number of tetrazole rings is 1. The smallest absolute Gasteiger partial charge is 0.317 e. The molecule has 2 aromatic carbocycles. The van der Waals surface area contributed by atoms with Crippen LogP contribution in [0.2, 0.25) is 5.02 Å². The predicted molar refractivity (Wildman–Crippen MR) is 95.9 cm³/mol. The highest BCUT2D eigenvalue weighted by molar-refractivity contribution is 6.30. The Morgan fingerprint density at radius 3 is 2.50 bits per heavy atom. The van der Waals surface area contributed by atoms with Crippen LogP contribution in [0.25, 0.3) is 5.69 Å². The van der Waals surface area contributed by atoms with Crippen LogP contribution in [0.1, 0.15) is 30.7 Å². The van der Waals surface area contributed by atoms with Crippen molar-refractivity contribution in [2.75, 3.05) is 0 Å². The fourth-order valence-electron chi connectivity index (χ4n) is 3.24. The summed E-state index contributed by atoms with van der Waals surface area (Å²) in [6.07, 6.45) is 2.55. The second kappa shape index (κ2) is 6.88. The molecule has 3 aromatic rings. The largest absolute Gasteiger partial charge is 0.457 e. The Morgan fingerprint density at radius 1 is 1.12 bits per heavy atom. The summed E-state index contributed by atoms with van der Waals surface area (Å²) in [5, 5.41) is 12.3. The average molecular weight is 369 g/mol. The molecule has 0 spiro atoms. The minimum absolute atomic E-state index is 0.0239. The normalized spacial score (nSPS) is 15.3. The molecule has 0 saturated heterocycles. The van der Waals surface area contributed by atoms with E-state index in [9.17, 15) is 4.79 Å². The molecule has 0 atom stereocenters. The Kier molecular flexibility index (Phi) is 4.42. The van der Waals surface area contributed by atoms with Crippen LogP contribution in [-0.4, -0.2) is 26.2 Å². The van der Waals surface area contributed by atoms with Gasteiger partial charge in [0.15, 0.2) is 12.4 Å². The zero-order valence-electron chi connectivity index (χ0n) is 14.0. The number of hydrogen-bond acceptors (Lipinski definition) is 5. The highest BCUT2D eigenvalue weighted by Gasteiger charge is 2.47. The molecule has 1 saturated carbocycles. The van der Waals surface area contributed by atoms with Crippen molar-refractivity contribution < 1.29 is 9.53 Å². The third kappa shape index (κ3) is 2.97. The molecule has 1 aliphatic rings. The molecule has 0 unspecified atom stereocenters. The van der Waals surface area contributed by atoms with E-state index >= 15 is 0 Å². The van der Waals surface area contributed by atoms with Gasteiger partial charge >= 0.3 is 5.97 Å². The van der Waals surface area contributed by atoms with Gasteiger partial charge in [-0.05, 0) is 53.1 Å². The molecule has 132 valence electrons. The first kappa shape index (κ1) is 16.7. The van der Waals surface area contributed by atoms with Gasteiger partial charge in [-0.15, -0.1) is 5.10 Å². The van der Waals surface area contributed by atoms with Crippen LogP contribution < -0.4 is 0 Å². The van der Waals surface area contributed by atoms with Crippen LogP contribution in [0, 0.1) is 0 Å². The van der Waals surface area contributed by atoms with E-state index in [1.165, 1.54) is 0 Å². The molecule has 0 amide bonds. The van der Waals surface area contributed by atoms with Crippen LogP contribution in [0.3, 0.4) is 0 Å². The molecule has 26 heavy (non-hydrogen) atoms. The molecule has 4 rings (SSSR count). The number of esters is 1. The van der Waals surface area contributed by atoms with Gasteiger partial charge in [-0.2, -0.15) is 4.68 Å². The summed E-state index contributed by atoms with van der Waals surface area (Å²) in [7, 11) is 0. The summed E-state index contributed by atoms with van der Waals surface area (Å²) in [6.45, 7) is 0.0239. The average Bonchev–Trinajstić information content (AvgIpc) is 3.10. The molecule has 1 fully saturated rings. The topological polar surface area (TPSA) is 69.9 Å². The van der Waals surface area contributed by atoms with Gasteiger partial charge in [0, 0.05) is 5.02 Å². The molecule has 1 aliphatic carbocycles. The Morgan fingerprint density at radius 2 is 1.85 bits per heavy atom. The van der Waals surface area contributed by atoms with E-state index in [0.717, 1.165) is 30.5 Å². The number of rotatable bonds is 5. The zero-order valence-corrected chi connectivity index (χ0v) is 14.8. The monoisotopic (exact) mass is 368 g/mol. The van der Waals surface area contributed by atoms with Gasteiger partial charge in [-0.25, -0.2) is 0 Å². The van der Waals surface area contributed by atoms with Crippen LogP contribution in [0.15, 0.2) is 54.6 Å². The lowest BCUT2D eigenvalue weighted by Gasteiger charge is -2.39.